The van der Waals surface area contributed by atoms with E-state index in [9.17, 15) is 35.9 Å². The van der Waals surface area contributed by atoms with Gasteiger partial charge < -0.3 is 19.3 Å². The van der Waals surface area contributed by atoms with Crippen molar-refractivity contribution < 1.29 is 45.4 Å². The number of carbonyl (C=O) groups is 2. The van der Waals surface area contributed by atoms with E-state index < -0.39 is 41.8 Å². The Kier molecular flexibility index (Phi) is 8.69. The van der Waals surface area contributed by atoms with Crippen molar-refractivity contribution in [2.24, 2.45) is 0 Å². The molecule has 0 saturated carbocycles. The number of rotatable bonds is 6. The maximum Gasteiger partial charge on any atom is 0.434 e. The van der Waals surface area contributed by atoms with Crippen LogP contribution in [0.4, 0.5) is 35.9 Å². The van der Waals surface area contributed by atoms with Gasteiger partial charge in [-0.1, -0.05) is 0 Å². The first-order valence-electron chi connectivity index (χ1n) is 8.78. The molecule has 29 heavy (non-hydrogen) atoms. The van der Waals surface area contributed by atoms with E-state index in [-0.39, 0.29) is 19.5 Å². The summed E-state index contributed by atoms with van der Waals surface area (Å²) in [7, 11) is 1.44. The predicted octanol–water partition coefficient (Wildman–Crippen LogP) is 4.97. The Labute approximate surface area is 166 Å². The van der Waals surface area contributed by atoms with E-state index >= 15 is 0 Å². The highest BCUT2D eigenvalue weighted by Crippen LogP contribution is 2.36. The monoisotopic (exact) mass is 438 g/mol. The summed E-state index contributed by atoms with van der Waals surface area (Å²) >= 11 is 0. The van der Waals surface area contributed by atoms with Crippen LogP contribution < -0.4 is 0 Å². The van der Waals surface area contributed by atoms with Gasteiger partial charge in [-0.05, 0) is 48.0 Å². The maximum absolute atomic E-state index is 12.6. The van der Waals surface area contributed by atoms with Gasteiger partial charge in [0.1, 0.15) is 5.60 Å². The number of alkyl halides is 6. The van der Waals surface area contributed by atoms with Gasteiger partial charge >= 0.3 is 24.5 Å². The molecule has 0 bridgehead atoms. The molecule has 0 aromatic rings. The molecule has 0 rings (SSSR count). The number of hydrogen-bond acceptors (Lipinski definition) is 4. The normalized spacial score (nSPS) is 13.3. The van der Waals surface area contributed by atoms with Gasteiger partial charge in [0.05, 0.1) is 0 Å². The highest BCUT2D eigenvalue weighted by atomic mass is 19.4. The summed E-state index contributed by atoms with van der Waals surface area (Å²) in [5.74, 6) is 0. The van der Waals surface area contributed by atoms with Crippen LogP contribution in [0.25, 0.3) is 0 Å². The van der Waals surface area contributed by atoms with E-state index in [4.69, 9.17) is 4.74 Å². The zero-order valence-corrected chi connectivity index (χ0v) is 17.5. The Bertz CT molecular complexity index is 556. The zero-order valence-electron chi connectivity index (χ0n) is 17.5. The number of halogens is 6. The number of nitrogens with zero attached hydrogens (tertiary/aromatic N) is 2. The lowest BCUT2D eigenvalue weighted by molar-refractivity contribution is -0.308. The molecule has 0 saturated heterocycles. The van der Waals surface area contributed by atoms with Crippen molar-refractivity contribution in [3.8, 4) is 0 Å². The van der Waals surface area contributed by atoms with Crippen LogP contribution in [0.15, 0.2) is 0 Å². The van der Waals surface area contributed by atoms with Gasteiger partial charge in [-0.2, -0.15) is 26.3 Å². The maximum atomic E-state index is 12.6. The molecule has 0 N–H and O–H groups in total. The molecule has 0 spiro atoms. The zero-order chi connectivity index (χ0) is 23.4. The quantitative estimate of drug-likeness (QED) is 0.550. The standard InChI is InChI=1S/C17H28F6N2O4/c1-8-25(13(27)28-11(16(18,19)20)17(21,22)23)10-9-15(5,6)24(7)12(26)29-14(2,3)4/h11H,8-10H2,1-7H3. The SMILES string of the molecule is CCN(CCC(C)(C)N(C)C(=O)OC(C)(C)C)C(=O)OC(C(F)(F)F)C(F)(F)F. The van der Waals surface area contributed by atoms with Gasteiger partial charge in [-0.25, -0.2) is 9.59 Å². The molecular weight excluding hydrogens is 410 g/mol. The third-order valence-electron chi connectivity index (χ3n) is 4.02. The third-order valence-corrected chi connectivity index (χ3v) is 4.02. The first kappa shape index (κ1) is 27.1. The van der Waals surface area contributed by atoms with Crippen LogP contribution in [0.1, 0.15) is 48.0 Å². The van der Waals surface area contributed by atoms with Crippen molar-refractivity contribution >= 4 is 12.2 Å². The molecule has 0 fully saturated rings. The molecule has 0 radical (unpaired) electrons. The second-order valence-corrected chi connectivity index (χ2v) is 8.03. The van der Waals surface area contributed by atoms with Crippen LogP contribution in [0, 0.1) is 0 Å². The van der Waals surface area contributed by atoms with E-state index in [0.29, 0.717) is 4.90 Å². The lowest BCUT2D eigenvalue weighted by Crippen LogP contribution is -2.50. The fourth-order valence-electron chi connectivity index (χ4n) is 2.03. The third kappa shape index (κ3) is 8.99. The van der Waals surface area contributed by atoms with E-state index in [1.807, 2.05) is 0 Å². The largest absolute Gasteiger partial charge is 0.444 e. The molecule has 6 nitrogen and oxygen atoms in total. The topological polar surface area (TPSA) is 59.1 Å². The predicted molar refractivity (Wildman–Crippen MR) is 92.3 cm³/mol. The number of hydrogen-bond donors (Lipinski definition) is 0. The summed E-state index contributed by atoms with van der Waals surface area (Å²) in [6.07, 6.45) is -18.2. The molecule has 0 unspecified atom stereocenters. The van der Waals surface area contributed by atoms with Gasteiger partial charge in [0.15, 0.2) is 0 Å². The molecule has 0 aromatic carbocycles. The van der Waals surface area contributed by atoms with Gasteiger partial charge in [0.25, 0.3) is 6.10 Å². The van der Waals surface area contributed by atoms with Crippen molar-refractivity contribution in [1.29, 1.82) is 0 Å². The average molecular weight is 438 g/mol. The Hall–Kier alpha value is -1.88. The van der Waals surface area contributed by atoms with Crippen LogP contribution in [0.2, 0.25) is 0 Å². The fourth-order valence-corrected chi connectivity index (χ4v) is 2.03. The summed E-state index contributed by atoms with van der Waals surface area (Å²) < 4.78 is 84.4. The number of amides is 2. The smallest absolute Gasteiger partial charge is 0.434 e. The molecule has 2 amide bonds. The van der Waals surface area contributed by atoms with Crippen LogP contribution in [-0.4, -0.2) is 71.7 Å². The second-order valence-electron chi connectivity index (χ2n) is 8.03. The summed E-state index contributed by atoms with van der Waals surface area (Å²) in [4.78, 5) is 26.0. The summed E-state index contributed by atoms with van der Waals surface area (Å²) in [6, 6.07) is 0. The van der Waals surface area contributed by atoms with Crippen LogP contribution in [0.5, 0.6) is 0 Å². The van der Waals surface area contributed by atoms with E-state index in [1.165, 1.54) is 18.9 Å². The number of ether oxygens (including phenoxy) is 2. The molecule has 0 aliphatic heterocycles. The molecule has 172 valence electrons. The minimum atomic E-state index is -5.79. The molecule has 0 aromatic heterocycles. The van der Waals surface area contributed by atoms with Crippen LogP contribution in [0.3, 0.4) is 0 Å². The minimum absolute atomic E-state index is 0.0500. The van der Waals surface area contributed by atoms with Gasteiger partial charge in [0.2, 0.25) is 0 Å². The fraction of sp³-hybridized carbons (Fsp3) is 0.882. The number of carbonyl (C=O) groups excluding carboxylic acids is 2. The molecule has 0 atom stereocenters. The van der Waals surface area contributed by atoms with Crippen molar-refractivity contribution in [2.75, 3.05) is 20.1 Å². The Morgan fingerprint density at radius 3 is 1.69 bits per heavy atom. The molecule has 0 aliphatic rings. The molecule has 0 aliphatic carbocycles. The molecule has 0 heterocycles. The van der Waals surface area contributed by atoms with Crippen molar-refractivity contribution in [3.63, 3.8) is 0 Å². The average Bonchev–Trinajstić information content (AvgIpc) is 2.48. The second kappa shape index (κ2) is 9.29. The van der Waals surface area contributed by atoms with Gasteiger partial charge in [0, 0.05) is 25.7 Å². The van der Waals surface area contributed by atoms with E-state index in [0.717, 1.165) is 0 Å². The highest BCUT2D eigenvalue weighted by Gasteiger charge is 2.60. The van der Waals surface area contributed by atoms with Crippen molar-refractivity contribution in [3.05, 3.63) is 0 Å². The van der Waals surface area contributed by atoms with Crippen LogP contribution >= 0.6 is 0 Å². The Morgan fingerprint density at radius 2 is 1.34 bits per heavy atom. The first-order chi connectivity index (χ1) is 12.7. The van der Waals surface area contributed by atoms with E-state index in [1.54, 1.807) is 34.6 Å². The van der Waals surface area contributed by atoms with Gasteiger partial charge in [-0.3, -0.25) is 0 Å². The van der Waals surface area contributed by atoms with Crippen LogP contribution in [-0.2, 0) is 9.47 Å². The van der Waals surface area contributed by atoms with Gasteiger partial charge in [-0.15, -0.1) is 0 Å². The summed E-state index contributed by atoms with van der Waals surface area (Å²) in [5.41, 5.74) is -1.67. The lowest BCUT2D eigenvalue weighted by atomic mass is 9.99. The molecular formula is C17H28F6N2O4. The van der Waals surface area contributed by atoms with E-state index in [2.05, 4.69) is 4.74 Å². The van der Waals surface area contributed by atoms with Crippen molar-refractivity contribution in [1.82, 2.24) is 9.80 Å². The summed E-state index contributed by atoms with van der Waals surface area (Å²) in [5, 5.41) is 0. The Morgan fingerprint density at radius 1 is 0.897 bits per heavy atom. The lowest BCUT2D eigenvalue weighted by Gasteiger charge is -2.38. The first-order valence-corrected chi connectivity index (χ1v) is 8.78. The Balaban J connectivity index is 5.14. The summed E-state index contributed by atoms with van der Waals surface area (Å²) in [6.45, 7) is 9.18. The molecule has 12 heteroatoms. The van der Waals surface area contributed by atoms with Crippen molar-refractivity contribution in [2.45, 2.75) is 77.6 Å². The minimum Gasteiger partial charge on any atom is -0.444 e. The highest BCUT2D eigenvalue weighted by molar-refractivity contribution is 5.69.